The van der Waals surface area contributed by atoms with Crippen LogP contribution in [0.2, 0.25) is 0 Å². The first-order valence-corrected chi connectivity index (χ1v) is 6.55. The Morgan fingerprint density at radius 1 is 1.56 bits per heavy atom. The van der Waals surface area contributed by atoms with Crippen LogP contribution in [-0.2, 0) is 4.79 Å². The fourth-order valence-electron chi connectivity index (χ4n) is 1.26. The van der Waals surface area contributed by atoms with Crippen LogP contribution in [0, 0.1) is 0 Å². The van der Waals surface area contributed by atoms with Crippen molar-refractivity contribution in [3.8, 4) is 5.75 Å². The lowest BCUT2D eigenvalue weighted by molar-refractivity contribution is -0.128. The third kappa shape index (κ3) is 4.06. The van der Waals surface area contributed by atoms with Crippen LogP contribution in [0.25, 0.3) is 0 Å². The summed E-state index contributed by atoms with van der Waals surface area (Å²) in [6, 6.07) is 0. The van der Waals surface area contributed by atoms with E-state index in [1.165, 1.54) is 11.5 Å². The van der Waals surface area contributed by atoms with E-state index in [9.17, 15) is 4.79 Å². The molecule has 0 atom stereocenters. The fraction of sp³-hybridized carbons (Fsp3) is 0.636. The standard InChI is InChI=1S/C11H20N4O2S/c1-7(2)17-9-10(12)14-18-11(9)13-6-5-8(16)15(3)4/h7,13H,5-6H2,1-4H3,(H2,12,14). The molecule has 102 valence electrons. The summed E-state index contributed by atoms with van der Waals surface area (Å²) in [5.74, 6) is 1.04. The van der Waals surface area contributed by atoms with Crippen LogP contribution in [-0.4, -0.2) is 41.9 Å². The number of amides is 1. The molecule has 7 heteroatoms. The summed E-state index contributed by atoms with van der Waals surface area (Å²) in [5.41, 5.74) is 5.73. The zero-order valence-electron chi connectivity index (χ0n) is 11.2. The molecule has 0 bridgehead atoms. The van der Waals surface area contributed by atoms with Crippen LogP contribution in [0.3, 0.4) is 0 Å². The van der Waals surface area contributed by atoms with Gasteiger partial charge < -0.3 is 20.7 Å². The SMILES string of the molecule is CC(C)Oc1c(N)nsc1NCCC(=O)N(C)C. The quantitative estimate of drug-likeness (QED) is 0.818. The van der Waals surface area contributed by atoms with Gasteiger partial charge in [0.25, 0.3) is 0 Å². The molecule has 0 radical (unpaired) electrons. The first-order chi connectivity index (χ1) is 8.41. The molecule has 6 nitrogen and oxygen atoms in total. The molecule has 1 heterocycles. The molecule has 0 aliphatic heterocycles. The van der Waals surface area contributed by atoms with Gasteiger partial charge in [0.2, 0.25) is 5.91 Å². The highest BCUT2D eigenvalue weighted by Crippen LogP contribution is 2.35. The molecule has 0 aromatic carbocycles. The summed E-state index contributed by atoms with van der Waals surface area (Å²) in [7, 11) is 3.47. The lowest BCUT2D eigenvalue weighted by Gasteiger charge is -2.13. The number of hydrogen-bond acceptors (Lipinski definition) is 6. The van der Waals surface area contributed by atoms with Gasteiger partial charge in [-0.15, -0.1) is 0 Å². The average molecular weight is 272 g/mol. The Bertz CT molecular complexity index is 404. The van der Waals surface area contributed by atoms with Crippen molar-refractivity contribution in [3.05, 3.63) is 0 Å². The Morgan fingerprint density at radius 2 is 2.22 bits per heavy atom. The molecule has 1 amide bonds. The third-order valence-electron chi connectivity index (χ3n) is 2.15. The monoisotopic (exact) mass is 272 g/mol. The van der Waals surface area contributed by atoms with E-state index in [-0.39, 0.29) is 12.0 Å². The van der Waals surface area contributed by atoms with Gasteiger partial charge in [0.1, 0.15) is 0 Å². The first-order valence-electron chi connectivity index (χ1n) is 5.77. The van der Waals surface area contributed by atoms with E-state index in [2.05, 4.69) is 9.69 Å². The highest BCUT2D eigenvalue weighted by Gasteiger charge is 2.14. The van der Waals surface area contributed by atoms with Crippen molar-refractivity contribution < 1.29 is 9.53 Å². The number of nitrogens with two attached hydrogens (primary N) is 1. The van der Waals surface area contributed by atoms with Gasteiger partial charge in [-0.1, -0.05) is 0 Å². The Hall–Kier alpha value is -1.50. The lowest BCUT2D eigenvalue weighted by Crippen LogP contribution is -2.23. The lowest BCUT2D eigenvalue weighted by atomic mass is 10.4. The van der Waals surface area contributed by atoms with Crippen LogP contribution in [0.1, 0.15) is 20.3 Å². The van der Waals surface area contributed by atoms with E-state index in [4.69, 9.17) is 10.5 Å². The second-order valence-electron chi connectivity index (χ2n) is 4.36. The van der Waals surface area contributed by atoms with Crippen molar-refractivity contribution in [1.29, 1.82) is 0 Å². The van der Waals surface area contributed by atoms with Crippen LogP contribution in [0.5, 0.6) is 5.75 Å². The van der Waals surface area contributed by atoms with Crippen molar-refractivity contribution in [3.63, 3.8) is 0 Å². The number of nitrogens with one attached hydrogen (secondary N) is 1. The molecule has 0 saturated carbocycles. The molecule has 0 unspecified atom stereocenters. The molecule has 1 rings (SSSR count). The van der Waals surface area contributed by atoms with Crippen LogP contribution in [0.15, 0.2) is 0 Å². The Morgan fingerprint density at radius 3 is 2.78 bits per heavy atom. The van der Waals surface area contributed by atoms with Crippen molar-refractivity contribution in [2.24, 2.45) is 0 Å². The van der Waals surface area contributed by atoms with E-state index < -0.39 is 0 Å². The summed E-state index contributed by atoms with van der Waals surface area (Å²) in [6.45, 7) is 4.39. The summed E-state index contributed by atoms with van der Waals surface area (Å²) in [6.07, 6.45) is 0.457. The molecule has 0 aliphatic carbocycles. The normalized spacial score (nSPS) is 10.5. The van der Waals surface area contributed by atoms with Crippen LogP contribution in [0.4, 0.5) is 10.8 Å². The molecule has 0 aliphatic rings. The van der Waals surface area contributed by atoms with Gasteiger partial charge >= 0.3 is 0 Å². The summed E-state index contributed by atoms with van der Waals surface area (Å²) < 4.78 is 9.63. The predicted octanol–water partition coefficient (Wildman–Crippen LogP) is 1.40. The van der Waals surface area contributed by atoms with Gasteiger partial charge in [-0.05, 0) is 25.4 Å². The molecule has 18 heavy (non-hydrogen) atoms. The zero-order chi connectivity index (χ0) is 13.7. The van der Waals surface area contributed by atoms with Crippen LogP contribution < -0.4 is 15.8 Å². The zero-order valence-corrected chi connectivity index (χ0v) is 12.0. The van der Waals surface area contributed by atoms with Crippen molar-refractivity contribution >= 4 is 28.3 Å². The minimum atomic E-state index is 0.0349. The second kappa shape index (κ2) is 6.44. The molecule has 0 spiro atoms. The summed E-state index contributed by atoms with van der Waals surface area (Å²) in [5, 5.41) is 3.90. The maximum atomic E-state index is 11.4. The molecule has 1 aromatic rings. The van der Waals surface area contributed by atoms with Gasteiger partial charge in [-0.25, -0.2) is 0 Å². The van der Waals surface area contributed by atoms with Crippen molar-refractivity contribution in [2.75, 3.05) is 31.7 Å². The van der Waals surface area contributed by atoms with Crippen molar-refractivity contribution in [1.82, 2.24) is 9.27 Å². The highest BCUT2D eigenvalue weighted by molar-refractivity contribution is 7.11. The topological polar surface area (TPSA) is 80.5 Å². The molecule has 1 aromatic heterocycles. The number of carbonyl (C=O) groups excluding carboxylic acids is 1. The smallest absolute Gasteiger partial charge is 0.223 e. The molecule has 0 fully saturated rings. The van der Waals surface area contributed by atoms with Crippen LogP contribution >= 0.6 is 11.5 Å². The molecular weight excluding hydrogens is 252 g/mol. The third-order valence-corrected chi connectivity index (χ3v) is 2.95. The molecular formula is C11H20N4O2S. The number of ether oxygens (including phenoxy) is 1. The number of aromatic nitrogens is 1. The second-order valence-corrected chi connectivity index (χ2v) is 5.13. The Kier molecular flexibility index (Phi) is 5.21. The number of nitrogen functional groups attached to an aromatic ring is 1. The first kappa shape index (κ1) is 14.6. The number of rotatable bonds is 6. The number of carbonyl (C=O) groups is 1. The van der Waals surface area contributed by atoms with E-state index in [0.717, 1.165) is 5.00 Å². The highest BCUT2D eigenvalue weighted by atomic mass is 32.1. The molecule has 0 saturated heterocycles. The van der Waals surface area contributed by atoms with E-state index >= 15 is 0 Å². The molecule has 3 N–H and O–H groups in total. The predicted molar refractivity (Wildman–Crippen MR) is 74.1 cm³/mol. The number of nitrogens with zero attached hydrogens (tertiary/aromatic N) is 2. The maximum absolute atomic E-state index is 11.4. The van der Waals surface area contributed by atoms with E-state index in [1.807, 2.05) is 13.8 Å². The van der Waals surface area contributed by atoms with Gasteiger partial charge in [0.15, 0.2) is 16.6 Å². The Balaban J connectivity index is 2.54. The summed E-state index contributed by atoms with van der Waals surface area (Å²) >= 11 is 1.24. The van der Waals surface area contributed by atoms with E-state index in [1.54, 1.807) is 19.0 Å². The average Bonchev–Trinajstić information content (AvgIpc) is 2.60. The number of hydrogen-bond donors (Lipinski definition) is 2. The van der Waals surface area contributed by atoms with Crippen molar-refractivity contribution in [2.45, 2.75) is 26.4 Å². The summed E-state index contributed by atoms with van der Waals surface area (Å²) in [4.78, 5) is 13.0. The van der Waals surface area contributed by atoms with Gasteiger partial charge in [-0.3, -0.25) is 4.79 Å². The Labute approximate surface area is 111 Å². The van der Waals surface area contributed by atoms with Gasteiger partial charge in [0, 0.05) is 27.1 Å². The van der Waals surface area contributed by atoms with E-state index in [0.29, 0.717) is 24.5 Å². The minimum absolute atomic E-state index is 0.0349. The largest absolute Gasteiger partial charge is 0.484 e. The number of anilines is 2. The van der Waals surface area contributed by atoms with Gasteiger partial charge in [0.05, 0.1) is 6.10 Å². The fourth-order valence-corrected chi connectivity index (χ4v) is 1.94. The minimum Gasteiger partial charge on any atom is -0.484 e. The maximum Gasteiger partial charge on any atom is 0.223 e. The van der Waals surface area contributed by atoms with Gasteiger partial charge in [-0.2, -0.15) is 4.37 Å².